The number of rotatable bonds is 4. The summed E-state index contributed by atoms with van der Waals surface area (Å²) in [6.07, 6.45) is 0. The molecule has 0 radical (unpaired) electrons. The molecular formula is C15H14BrClFNO. The molecule has 0 bridgehead atoms. The molecule has 0 atom stereocenters. The molecule has 0 spiro atoms. The molecular weight excluding hydrogens is 345 g/mol. The number of hydrogen-bond acceptors (Lipinski definition) is 2. The molecule has 0 heterocycles. The van der Waals surface area contributed by atoms with Crippen LogP contribution in [0.5, 0.6) is 5.75 Å². The molecule has 0 unspecified atom stereocenters. The Balaban J connectivity index is 2.21. The van der Waals surface area contributed by atoms with Crippen LogP contribution in [0.1, 0.15) is 11.1 Å². The first-order valence-electron chi connectivity index (χ1n) is 6.03. The fourth-order valence-corrected chi connectivity index (χ4v) is 2.57. The Morgan fingerprint density at radius 1 is 1.30 bits per heavy atom. The standard InChI is InChI=1S/C15H14BrClFNO/c1-9-5-12(16)13(18)7-14(9)19-8-10-6-11(17)3-4-15(10)20-2/h3-7,19H,8H2,1-2H3. The molecule has 20 heavy (non-hydrogen) atoms. The molecule has 2 aromatic carbocycles. The molecule has 2 rings (SSSR count). The van der Waals surface area contributed by atoms with Crippen molar-refractivity contribution < 1.29 is 9.13 Å². The first-order chi connectivity index (χ1) is 9.51. The Morgan fingerprint density at radius 2 is 2.05 bits per heavy atom. The SMILES string of the molecule is COc1ccc(Cl)cc1CNc1cc(F)c(Br)cc1C. The highest BCUT2D eigenvalue weighted by Crippen LogP contribution is 2.27. The van der Waals surface area contributed by atoms with E-state index in [1.54, 1.807) is 19.2 Å². The quantitative estimate of drug-likeness (QED) is 0.814. The monoisotopic (exact) mass is 357 g/mol. The maximum Gasteiger partial charge on any atom is 0.139 e. The Bertz CT molecular complexity index is 634. The number of benzene rings is 2. The van der Waals surface area contributed by atoms with Crippen molar-refractivity contribution in [2.24, 2.45) is 0 Å². The van der Waals surface area contributed by atoms with Crippen molar-refractivity contribution in [1.82, 2.24) is 0 Å². The van der Waals surface area contributed by atoms with Crippen molar-refractivity contribution >= 4 is 33.2 Å². The normalized spacial score (nSPS) is 10.4. The lowest BCUT2D eigenvalue weighted by Gasteiger charge is -2.13. The fourth-order valence-electron chi connectivity index (χ4n) is 1.91. The van der Waals surface area contributed by atoms with E-state index in [1.165, 1.54) is 6.07 Å². The van der Waals surface area contributed by atoms with Crippen LogP contribution in [0.15, 0.2) is 34.8 Å². The van der Waals surface area contributed by atoms with Gasteiger partial charge < -0.3 is 10.1 Å². The van der Waals surface area contributed by atoms with Gasteiger partial charge in [-0.15, -0.1) is 0 Å². The van der Waals surface area contributed by atoms with Gasteiger partial charge in [0.05, 0.1) is 11.6 Å². The zero-order valence-electron chi connectivity index (χ0n) is 11.1. The second kappa shape index (κ2) is 6.46. The van der Waals surface area contributed by atoms with Crippen molar-refractivity contribution in [1.29, 1.82) is 0 Å². The van der Waals surface area contributed by atoms with Gasteiger partial charge in [0.1, 0.15) is 11.6 Å². The second-order valence-electron chi connectivity index (χ2n) is 4.39. The van der Waals surface area contributed by atoms with Crippen molar-refractivity contribution in [3.05, 3.63) is 56.8 Å². The van der Waals surface area contributed by atoms with Crippen LogP contribution in [-0.4, -0.2) is 7.11 Å². The molecule has 5 heteroatoms. The van der Waals surface area contributed by atoms with Gasteiger partial charge in [0.25, 0.3) is 0 Å². The van der Waals surface area contributed by atoms with Gasteiger partial charge in [0, 0.05) is 22.8 Å². The molecule has 0 aromatic heterocycles. The lowest BCUT2D eigenvalue weighted by Crippen LogP contribution is -2.03. The minimum absolute atomic E-state index is 0.295. The summed E-state index contributed by atoms with van der Waals surface area (Å²) in [5.74, 6) is 0.452. The minimum atomic E-state index is -0.295. The van der Waals surface area contributed by atoms with Gasteiger partial charge in [0.2, 0.25) is 0 Å². The molecule has 0 aliphatic rings. The summed E-state index contributed by atoms with van der Waals surface area (Å²) in [5.41, 5.74) is 2.62. The van der Waals surface area contributed by atoms with Crippen LogP contribution in [-0.2, 0) is 6.54 Å². The van der Waals surface area contributed by atoms with Gasteiger partial charge >= 0.3 is 0 Å². The number of nitrogens with one attached hydrogen (secondary N) is 1. The predicted octanol–water partition coefficient (Wildman–Crippen LogP) is 5.17. The topological polar surface area (TPSA) is 21.3 Å². The molecule has 0 saturated heterocycles. The summed E-state index contributed by atoms with van der Waals surface area (Å²) in [6.45, 7) is 2.42. The van der Waals surface area contributed by atoms with E-state index in [2.05, 4.69) is 21.2 Å². The minimum Gasteiger partial charge on any atom is -0.496 e. The number of anilines is 1. The van der Waals surface area contributed by atoms with Crippen LogP contribution in [0.25, 0.3) is 0 Å². The number of hydrogen-bond donors (Lipinski definition) is 1. The predicted molar refractivity (Wildman–Crippen MR) is 84.2 cm³/mol. The zero-order chi connectivity index (χ0) is 14.7. The van der Waals surface area contributed by atoms with Crippen LogP contribution < -0.4 is 10.1 Å². The smallest absolute Gasteiger partial charge is 0.139 e. The summed E-state index contributed by atoms with van der Waals surface area (Å²) in [4.78, 5) is 0. The lowest BCUT2D eigenvalue weighted by atomic mass is 10.1. The molecule has 106 valence electrons. The number of halogens is 3. The highest BCUT2D eigenvalue weighted by molar-refractivity contribution is 9.10. The van der Waals surface area contributed by atoms with Gasteiger partial charge in [-0.2, -0.15) is 0 Å². The zero-order valence-corrected chi connectivity index (χ0v) is 13.5. The third kappa shape index (κ3) is 3.44. The van der Waals surface area contributed by atoms with E-state index in [0.29, 0.717) is 16.0 Å². The van der Waals surface area contributed by atoms with E-state index in [0.717, 1.165) is 22.6 Å². The molecule has 2 aromatic rings. The van der Waals surface area contributed by atoms with Gasteiger partial charge in [-0.1, -0.05) is 11.6 Å². The van der Waals surface area contributed by atoms with Crippen LogP contribution in [0.2, 0.25) is 5.02 Å². The van der Waals surface area contributed by atoms with Crippen molar-refractivity contribution in [3.63, 3.8) is 0 Å². The van der Waals surface area contributed by atoms with E-state index in [4.69, 9.17) is 16.3 Å². The molecule has 0 amide bonds. The molecule has 1 N–H and O–H groups in total. The molecule has 0 aliphatic carbocycles. The van der Waals surface area contributed by atoms with Crippen molar-refractivity contribution in [2.75, 3.05) is 12.4 Å². The van der Waals surface area contributed by atoms with Gasteiger partial charge in [0.15, 0.2) is 0 Å². The molecule has 0 aliphatic heterocycles. The molecule has 0 fully saturated rings. The van der Waals surface area contributed by atoms with Crippen LogP contribution in [0.3, 0.4) is 0 Å². The summed E-state index contributed by atoms with van der Waals surface area (Å²) in [7, 11) is 1.61. The number of methoxy groups -OCH3 is 1. The van der Waals surface area contributed by atoms with Crippen LogP contribution >= 0.6 is 27.5 Å². The van der Waals surface area contributed by atoms with E-state index in [1.807, 2.05) is 19.1 Å². The summed E-state index contributed by atoms with van der Waals surface area (Å²) >= 11 is 9.15. The Hall–Kier alpha value is -1.26. The average Bonchev–Trinajstić information content (AvgIpc) is 2.41. The summed E-state index contributed by atoms with van der Waals surface area (Å²) in [6, 6.07) is 8.63. The summed E-state index contributed by atoms with van der Waals surface area (Å²) < 4.78 is 19.3. The Morgan fingerprint density at radius 3 is 2.75 bits per heavy atom. The van der Waals surface area contributed by atoms with Gasteiger partial charge in [-0.3, -0.25) is 0 Å². The lowest BCUT2D eigenvalue weighted by molar-refractivity contribution is 0.410. The summed E-state index contributed by atoms with van der Waals surface area (Å²) in [5, 5.41) is 3.84. The number of ether oxygens (including phenoxy) is 1. The van der Waals surface area contributed by atoms with E-state index in [9.17, 15) is 4.39 Å². The van der Waals surface area contributed by atoms with Crippen molar-refractivity contribution in [2.45, 2.75) is 13.5 Å². The van der Waals surface area contributed by atoms with E-state index in [-0.39, 0.29) is 5.82 Å². The first kappa shape index (κ1) is 15.1. The largest absolute Gasteiger partial charge is 0.496 e. The fraction of sp³-hybridized carbons (Fsp3) is 0.200. The van der Waals surface area contributed by atoms with E-state index < -0.39 is 0 Å². The maximum absolute atomic E-state index is 13.6. The third-order valence-electron chi connectivity index (χ3n) is 2.98. The van der Waals surface area contributed by atoms with E-state index >= 15 is 0 Å². The number of aryl methyl sites for hydroxylation is 1. The third-order valence-corrected chi connectivity index (χ3v) is 3.82. The van der Waals surface area contributed by atoms with Crippen LogP contribution in [0.4, 0.5) is 10.1 Å². The van der Waals surface area contributed by atoms with Crippen molar-refractivity contribution in [3.8, 4) is 5.75 Å². The van der Waals surface area contributed by atoms with Gasteiger partial charge in [-0.05, 0) is 58.7 Å². The maximum atomic E-state index is 13.6. The highest BCUT2D eigenvalue weighted by Gasteiger charge is 2.07. The average molecular weight is 359 g/mol. The Kier molecular flexibility index (Phi) is 4.89. The highest BCUT2D eigenvalue weighted by atomic mass is 79.9. The molecule has 0 saturated carbocycles. The molecule has 2 nitrogen and oxygen atoms in total. The second-order valence-corrected chi connectivity index (χ2v) is 5.68. The Labute approximate surface area is 131 Å². The van der Waals surface area contributed by atoms with Gasteiger partial charge in [-0.25, -0.2) is 4.39 Å². The van der Waals surface area contributed by atoms with Crippen LogP contribution in [0, 0.1) is 12.7 Å². The first-order valence-corrected chi connectivity index (χ1v) is 7.20.